The summed E-state index contributed by atoms with van der Waals surface area (Å²) in [4.78, 5) is 23.2. The molecule has 1 rings (SSSR count). The van der Waals surface area contributed by atoms with E-state index in [9.17, 15) is 14.7 Å². The van der Waals surface area contributed by atoms with E-state index in [4.69, 9.17) is 9.16 Å². The van der Waals surface area contributed by atoms with Crippen LogP contribution in [0.15, 0.2) is 35.9 Å². The van der Waals surface area contributed by atoms with Crippen LogP contribution in [0.1, 0.15) is 52.7 Å². The Morgan fingerprint density at radius 3 is 2.35 bits per heavy atom. The molecule has 0 radical (unpaired) electrons. The zero-order valence-corrected chi connectivity index (χ0v) is 17.8. The molecule has 1 unspecified atom stereocenters. The van der Waals surface area contributed by atoms with E-state index in [0.717, 1.165) is 0 Å². The molecule has 0 fully saturated rings. The zero-order valence-electron chi connectivity index (χ0n) is 16.8. The maximum absolute atomic E-state index is 11.6. The Morgan fingerprint density at radius 2 is 1.88 bits per heavy atom. The summed E-state index contributed by atoms with van der Waals surface area (Å²) in [7, 11) is -2.04. The van der Waals surface area contributed by atoms with Gasteiger partial charge >= 0.3 is 11.9 Å². The highest BCUT2D eigenvalue weighted by Gasteiger charge is 2.39. The number of ether oxygens (including phenoxy) is 1. The summed E-state index contributed by atoms with van der Waals surface area (Å²) in [5.41, 5.74) is 0.630. The minimum absolute atomic E-state index is 0.0344. The summed E-state index contributed by atoms with van der Waals surface area (Å²) in [5, 5.41) is 9.56. The van der Waals surface area contributed by atoms with Crippen LogP contribution >= 0.6 is 0 Å². The monoisotopic (exact) mass is 378 g/mol. The number of esters is 1. The van der Waals surface area contributed by atoms with Crippen molar-refractivity contribution in [3.8, 4) is 5.75 Å². The molecule has 1 aromatic carbocycles. The number of hydrogen-bond donors (Lipinski definition) is 1. The fraction of sp³-hybridized carbons (Fsp3) is 0.500. The summed E-state index contributed by atoms with van der Waals surface area (Å²) in [5.74, 6) is -0.977. The maximum Gasteiger partial charge on any atom is 0.335 e. The number of aliphatic carboxylic acids is 1. The Morgan fingerprint density at radius 1 is 1.27 bits per heavy atom. The SMILES string of the molecule is CCC=C(C(=O)O)C(OC(C)=O)c1cccc(O[Si](C)(C)C(C)(C)C)c1. The molecule has 0 spiro atoms. The summed E-state index contributed by atoms with van der Waals surface area (Å²) < 4.78 is 11.6. The quantitative estimate of drug-likeness (QED) is 0.406. The molecule has 0 aromatic heterocycles. The Balaban J connectivity index is 3.31. The lowest BCUT2D eigenvalue weighted by Crippen LogP contribution is -2.43. The van der Waals surface area contributed by atoms with Crippen LogP contribution in [0.5, 0.6) is 5.75 Å². The number of hydrogen-bond acceptors (Lipinski definition) is 4. The molecule has 0 saturated heterocycles. The maximum atomic E-state index is 11.6. The molecule has 1 atom stereocenters. The first-order chi connectivity index (χ1) is 11.9. The molecular weight excluding hydrogens is 348 g/mol. The van der Waals surface area contributed by atoms with Gasteiger partial charge in [0.2, 0.25) is 8.32 Å². The minimum Gasteiger partial charge on any atom is -0.543 e. The van der Waals surface area contributed by atoms with Crippen molar-refractivity contribution in [3.05, 3.63) is 41.5 Å². The minimum atomic E-state index is -2.04. The number of allylic oxidation sites excluding steroid dienone is 1. The van der Waals surface area contributed by atoms with Gasteiger partial charge in [0.25, 0.3) is 0 Å². The van der Waals surface area contributed by atoms with E-state index in [1.807, 2.05) is 13.0 Å². The van der Waals surface area contributed by atoms with Crippen LogP contribution < -0.4 is 4.43 Å². The van der Waals surface area contributed by atoms with Crippen molar-refractivity contribution in [1.82, 2.24) is 0 Å². The molecule has 0 amide bonds. The lowest BCUT2D eigenvalue weighted by atomic mass is 10.00. The average molecular weight is 379 g/mol. The Bertz CT molecular complexity index is 686. The zero-order chi connectivity index (χ0) is 20.1. The largest absolute Gasteiger partial charge is 0.543 e. The van der Waals surface area contributed by atoms with Gasteiger partial charge in [0.1, 0.15) is 5.75 Å². The van der Waals surface area contributed by atoms with Crippen LogP contribution in [0.3, 0.4) is 0 Å². The fourth-order valence-corrected chi connectivity index (χ4v) is 3.21. The van der Waals surface area contributed by atoms with Crippen molar-refractivity contribution in [1.29, 1.82) is 0 Å². The highest BCUT2D eigenvalue weighted by Crippen LogP contribution is 2.38. The molecule has 0 heterocycles. The highest BCUT2D eigenvalue weighted by molar-refractivity contribution is 6.74. The van der Waals surface area contributed by atoms with Gasteiger partial charge in [-0.15, -0.1) is 0 Å². The van der Waals surface area contributed by atoms with Crippen molar-refractivity contribution in [2.75, 3.05) is 0 Å². The molecule has 1 aromatic rings. The molecule has 6 heteroatoms. The molecule has 0 aliphatic carbocycles. The second kappa shape index (κ2) is 8.53. The smallest absolute Gasteiger partial charge is 0.335 e. The Hall–Kier alpha value is -2.08. The van der Waals surface area contributed by atoms with Gasteiger partial charge in [-0.1, -0.05) is 45.9 Å². The summed E-state index contributed by atoms with van der Waals surface area (Å²) >= 11 is 0. The van der Waals surface area contributed by atoms with Crippen LogP contribution in [0.2, 0.25) is 18.1 Å². The van der Waals surface area contributed by atoms with Crippen molar-refractivity contribution >= 4 is 20.3 Å². The number of benzene rings is 1. The van der Waals surface area contributed by atoms with Crippen molar-refractivity contribution in [2.24, 2.45) is 0 Å². The van der Waals surface area contributed by atoms with Crippen LogP contribution in [-0.4, -0.2) is 25.4 Å². The summed E-state index contributed by atoms with van der Waals surface area (Å²) in [6, 6.07) is 7.15. The fourth-order valence-electron chi connectivity index (χ4n) is 2.19. The second-order valence-electron chi connectivity index (χ2n) is 7.80. The van der Waals surface area contributed by atoms with E-state index in [2.05, 4.69) is 33.9 Å². The average Bonchev–Trinajstić information content (AvgIpc) is 2.49. The van der Waals surface area contributed by atoms with Crippen molar-refractivity contribution in [2.45, 2.75) is 65.3 Å². The van der Waals surface area contributed by atoms with E-state index in [-0.39, 0.29) is 10.6 Å². The summed E-state index contributed by atoms with van der Waals surface area (Å²) in [6.45, 7) is 13.8. The predicted molar refractivity (Wildman–Crippen MR) is 105 cm³/mol. The number of carbonyl (C=O) groups excluding carboxylic acids is 1. The van der Waals surface area contributed by atoms with Gasteiger partial charge in [0.05, 0.1) is 5.57 Å². The molecule has 0 aliphatic heterocycles. The van der Waals surface area contributed by atoms with Gasteiger partial charge in [0.15, 0.2) is 6.10 Å². The first-order valence-corrected chi connectivity index (χ1v) is 11.7. The van der Waals surface area contributed by atoms with E-state index in [0.29, 0.717) is 17.7 Å². The van der Waals surface area contributed by atoms with Crippen LogP contribution in [0, 0.1) is 0 Å². The van der Waals surface area contributed by atoms with Crippen molar-refractivity contribution in [3.63, 3.8) is 0 Å². The summed E-state index contributed by atoms with van der Waals surface area (Å²) in [6.07, 6.45) is 1.13. The van der Waals surface area contributed by atoms with Gasteiger partial charge in [0, 0.05) is 12.5 Å². The Labute approximate surface area is 157 Å². The number of carbonyl (C=O) groups is 2. The van der Waals surface area contributed by atoms with E-state index < -0.39 is 26.4 Å². The molecule has 144 valence electrons. The van der Waals surface area contributed by atoms with Gasteiger partial charge < -0.3 is 14.3 Å². The highest BCUT2D eigenvalue weighted by atomic mass is 28.4. The first kappa shape index (κ1) is 22.0. The van der Waals surface area contributed by atoms with Crippen LogP contribution in [-0.2, 0) is 14.3 Å². The third kappa shape index (κ3) is 5.73. The number of carboxylic acid groups (broad SMARTS) is 1. The number of rotatable bonds is 7. The standard InChI is InChI=1S/C20H30O5Si/c1-8-10-17(19(22)23)18(24-14(2)21)15-11-9-12-16(13-15)25-26(6,7)20(3,4)5/h9-13,18H,8H2,1-7H3,(H,22,23). The van der Waals surface area contributed by atoms with Gasteiger partial charge in [-0.2, -0.15) is 0 Å². The normalized spacial score (nSPS) is 13.9. The third-order valence-electron chi connectivity index (χ3n) is 4.58. The molecule has 26 heavy (non-hydrogen) atoms. The first-order valence-electron chi connectivity index (χ1n) is 8.78. The lowest BCUT2D eigenvalue weighted by Gasteiger charge is -2.36. The van der Waals surface area contributed by atoms with Crippen LogP contribution in [0.4, 0.5) is 0 Å². The van der Waals surface area contributed by atoms with Gasteiger partial charge in [-0.3, -0.25) is 4.79 Å². The predicted octanol–water partition coefficient (Wildman–Crippen LogP) is 5.10. The van der Waals surface area contributed by atoms with Crippen molar-refractivity contribution < 1.29 is 23.9 Å². The molecular formula is C20H30O5Si. The second-order valence-corrected chi connectivity index (χ2v) is 12.5. The number of carboxylic acids is 1. The van der Waals surface area contributed by atoms with E-state index in [1.54, 1.807) is 24.3 Å². The molecule has 1 N–H and O–H groups in total. The van der Waals surface area contributed by atoms with E-state index >= 15 is 0 Å². The van der Waals surface area contributed by atoms with Gasteiger partial charge in [-0.25, -0.2) is 4.79 Å². The lowest BCUT2D eigenvalue weighted by molar-refractivity contribution is -0.146. The van der Waals surface area contributed by atoms with E-state index in [1.165, 1.54) is 6.92 Å². The molecule has 0 aliphatic rings. The Kier molecular flexibility index (Phi) is 7.21. The third-order valence-corrected chi connectivity index (χ3v) is 8.94. The molecule has 0 saturated carbocycles. The van der Waals surface area contributed by atoms with Gasteiger partial charge in [-0.05, 0) is 36.7 Å². The molecule has 5 nitrogen and oxygen atoms in total. The topological polar surface area (TPSA) is 72.8 Å². The molecule has 0 bridgehead atoms. The van der Waals surface area contributed by atoms with Crippen LogP contribution in [0.25, 0.3) is 0 Å².